The van der Waals surface area contributed by atoms with E-state index in [4.69, 9.17) is 33.2 Å². The predicted molar refractivity (Wildman–Crippen MR) is 464 cm³/mol. The summed E-state index contributed by atoms with van der Waals surface area (Å²) < 4.78 is 41.8. The zero-order chi connectivity index (χ0) is 92.6. The number of hydrogen-bond donors (Lipinski definition) is 18. The van der Waals surface area contributed by atoms with Crippen LogP contribution in [0.1, 0.15) is 389 Å². The molecule has 0 aliphatic carbocycles. The Morgan fingerprint density at radius 2 is 0.390 bits per heavy atom. The maximum atomic E-state index is 14.5. The van der Waals surface area contributed by atoms with Gasteiger partial charge in [0.25, 0.3) is 0 Å². The van der Waals surface area contributed by atoms with E-state index in [1.165, 1.54) is 7.11 Å². The van der Waals surface area contributed by atoms with E-state index in [1.807, 2.05) is 41.5 Å². The molecule has 0 saturated carbocycles. The molecule has 728 valence electrons. The van der Waals surface area contributed by atoms with Crippen molar-refractivity contribution in [2.75, 3.05) is 7.11 Å². The highest BCUT2D eigenvalue weighted by Gasteiger charge is 2.39. The molecule has 18 N–H and O–H groups in total. The molecule has 0 bridgehead atoms. The van der Waals surface area contributed by atoms with E-state index < -0.39 is 195 Å². The fourth-order valence-corrected chi connectivity index (χ4v) is 15.0. The number of hydrogen-bond acceptors (Lipinski definition) is 31. The zero-order valence-electron chi connectivity index (χ0n) is 76.6. The molecule has 0 aromatic rings. The smallest absolute Gasteiger partial charge is 0.306 e. The van der Waals surface area contributed by atoms with Crippen LogP contribution in [0, 0.1) is 0 Å². The van der Waals surface area contributed by atoms with Crippen molar-refractivity contribution >= 4 is 35.8 Å². The van der Waals surface area contributed by atoms with Crippen LogP contribution in [0.3, 0.4) is 0 Å². The van der Waals surface area contributed by atoms with Crippen molar-refractivity contribution in [3.05, 3.63) is 0 Å². The van der Waals surface area contributed by atoms with Crippen molar-refractivity contribution < 1.29 is 154 Å². The molecule has 0 saturated heterocycles. The van der Waals surface area contributed by atoms with Crippen LogP contribution < -0.4 is 0 Å². The van der Waals surface area contributed by atoms with Crippen LogP contribution in [0.4, 0.5) is 0 Å². The van der Waals surface area contributed by atoms with E-state index in [1.54, 1.807) is 13.8 Å². The molecule has 0 fully saturated rings. The maximum Gasteiger partial charge on any atom is 0.306 e. The SMILES string of the molecule is CCCCCC(O)C(O)CC(O)C(O)CCCC(=O)OC(CCCCC)C(O)CC(O)C(O)CCCC(=O)OC(CC(OC(=O)CCCC(O)C(O)CC(O)C(CCCCC)OC(=O)CCCC(O)C(O)CC(O)C(O)CCCCC)C(CCCCCCCC(=O)OC)OC(C)C)C(CCCCC)OC(=O)CCCC(O)C(O)CC(O)C(O)CCCCC. The molecule has 24 atom stereocenters. The van der Waals surface area contributed by atoms with E-state index >= 15 is 0 Å². The molecular weight excluding hydrogens is 1600 g/mol. The largest absolute Gasteiger partial charge is 0.469 e. The molecule has 0 amide bonds. The van der Waals surface area contributed by atoms with Crippen LogP contribution in [0.25, 0.3) is 0 Å². The van der Waals surface area contributed by atoms with Gasteiger partial charge in [-0.3, -0.25) is 28.8 Å². The summed E-state index contributed by atoms with van der Waals surface area (Å²) in [5.41, 5.74) is 0. The second kappa shape index (κ2) is 73.8. The average molecular weight is 1780 g/mol. The van der Waals surface area contributed by atoms with E-state index in [0.29, 0.717) is 103 Å². The highest BCUT2D eigenvalue weighted by molar-refractivity contribution is 5.72. The molecule has 0 radical (unpaired) electrons. The first kappa shape index (κ1) is 119. The number of carbonyl (C=O) groups excluding carboxylic acids is 6. The topological polar surface area (TPSA) is 531 Å². The molecule has 0 heterocycles. The average Bonchev–Trinajstić information content (AvgIpc) is 0.847. The summed E-state index contributed by atoms with van der Waals surface area (Å²) >= 11 is 0. The molecule has 0 aromatic heterocycles. The molecular formula is C92H174O31. The third kappa shape index (κ3) is 59.1. The van der Waals surface area contributed by atoms with Gasteiger partial charge in [-0.25, -0.2) is 0 Å². The third-order valence-electron chi connectivity index (χ3n) is 23.1. The second-order valence-electron chi connectivity index (χ2n) is 34.8. The van der Waals surface area contributed by atoms with Crippen molar-refractivity contribution in [3.63, 3.8) is 0 Å². The number of ether oxygens (including phenoxy) is 7. The Balaban J connectivity index is 7.18. The molecule has 0 aliphatic rings. The molecule has 0 aromatic carbocycles. The zero-order valence-corrected chi connectivity index (χ0v) is 76.6. The van der Waals surface area contributed by atoms with Gasteiger partial charge in [-0.1, -0.05) is 164 Å². The Kier molecular flexibility index (Phi) is 71.4. The minimum atomic E-state index is -1.59. The van der Waals surface area contributed by atoms with Crippen molar-refractivity contribution in [3.8, 4) is 0 Å². The summed E-state index contributed by atoms with van der Waals surface area (Å²) in [6.45, 7) is 15.4. The lowest BCUT2D eigenvalue weighted by Gasteiger charge is -2.34. The van der Waals surface area contributed by atoms with Gasteiger partial charge in [-0.05, 0) is 149 Å². The van der Waals surface area contributed by atoms with Gasteiger partial charge in [0.15, 0.2) is 0 Å². The van der Waals surface area contributed by atoms with Gasteiger partial charge >= 0.3 is 35.8 Å². The van der Waals surface area contributed by atoms with Crippen molar-refractivity contribution in [2.45, 2.75) is 542 Å². The number of carbonyl (C=O) groups is 6. The summed E-state index contributed by atoms with van der Waals surface area (Å²) in [6, 6.07) is 0. The number of aliphatic hydroxyl groups excluding tert-OH is 18. The monoisotopic (exact) mass is 1780 g/mol. The van der Waals surface area contributed by atoms with Crippen LogP contribution >= 0.6 is 0 Å². The Bertz CT molecular complexity index is 2590. The van der Waals surface area contributed by atoms with Gasteiger partial charge in [0.05, 0.1) is 129 Å². The van der Waals surface area contributed by atoms with E-state index in [-0.39, 0.29) is 160 Å². The summed E-state index contributed by atoms with van der Waals surface area (Å²) in [5.74, 6) is -4.18. The standard InChI is InChI=1S/C92H174O31/c1-10-16-25-38-63(93)71(101)56-74(104)66(96)41-33-51-88(112)119-81(46-28-19-13-4)79(109)59-77(107)69(99)44-36-54-91(115)122-85(83(118-62(7)8)49-31-23-22-24-32-50-87(111)117-9)61-86(84(48-30-21-15-6)121-90(114)53-35-43-68(98)76(106)58-73(103)65(95)40-27-18-12-3)123-92(116)55-37-45-70(100)78(108)60-80(110)82(47-29-20-14-5)120-89(113)52-34-42-67(97)75(105)57-72(102)64(94)39-26-17-11-2/h62-86,93-110H,10-61H2,1-9H3. The third-order valence-corrected chi connectivity index (χ3v) is 23.1. The first-order valence-electron chi connectivity index (χ1n) is 47.5. The van der Waals surface area contributed by atoms with Gasteiger partial charge in [0, 0.05) is 77.0 Å². The number of rotatable bonds is 83. The van der Waals surface area contributed by atoms with Crippen LogP contribution in [0.5, 0.6) is 0 Å². The van der Waals surface area contributed by atoms with Crippen LogP contribution in [-0.2, 0) is 61.9 Å². The molecule has 31 nitrogen and oxygen atoms in total. The lowest BCUT2D eigenvalue weighted by molar-refractivity contribution is -0.180. The predicted octanol–water partition coefficient (Wildman–Crippen LogP) is 9.41. The first-order valence-corrected chi connectivity index (χ1v) is 47.5. The minimum Gasteiger partial charge on any atom is -0.469 e. The summed E-state index contributed by atoms with van der Waals surface area (Å²) in [6.07, 6.45) is -17.4. The molecule has 24 unspecified atom stereocenters. The fraction of sp³-hybridized carbons (Fsp3) is 0.935. The maximum absolute atomic E-state index is 14.5. The Labute approximate surface area is 735 Å². The number of esters is 6. The lowest BCUT2D eigenvalue weighted by atomic mass is 9.95. The molecule has 0 rings (SSSR count). The second-order valence-corrected chi connectivity index (χ2v) is 34.8. The summed E-state index contributed by atoms with van der Waals surface area (Å²) in [7, 11) is 1.32. The lowest BCUT2D eigenvalue weighted by Crippen LogP contribution is -2.44. The first-order chi connectivity index (χ1) is 58.5. The van der Waals surface area contributed by atoms with Gasteiger partial charge in [-0.2, -0.15) is 0 Å². The fourth-order valence-electron chi connectivity index (χ4n) is 15.0. The van der Waals surface area contributed by atoms with E-state index in [0.717, 1.165) is 64.2 Å². The summed E-state index contributed by atoms with van der Waals surface area (Å²) in [5, 5.41) is 195. The highest BCUT2D eigenvalue weighted by Crippen LogP contribution is 2.30. The molecule has 0 spiro atoms. The van der Waals surface area contributed by atoms with Crippen LogP contribution in [0.2, 0.25) is 0 Å². The van der Waals surface area contributed by atoms with E-state index in [9.17, 15) is 121 Å². The number of unbranched alkanes of at least 4 members (excludes halogenated alkanes) is 16. The Morgan fingerprint density at radius 3 is 0.659 bits per heavy atom. The van der Waals surface area contributed by atoms with Crippen molar-refractivity contribution in [1.29, 1.82) is 0 Å². The highest BCUT2D eigenvalue weighted by atomic mass is 16.6. The normalized spacial score (nSPS) is 18.0. The number of methoxy groups -OCH3 is 1. The van der Waals surface area contributed by atoms with Gasteiger partial charge in [-0.15, -0.1) is 0 Å². The Morgan fingerprint density at radius 1 is 0.195 bits per heavy atom. The Hall–Kier alpha value is -3.94. The molecule has 31 heteroatoms. The molecule has 123 heavy (non-hydrogen) atoms. The van der Waals surface area contributed by atoms with Gasteiger partial charge in [0.2, 0.25) is 0 Å². The van der Waals surface area contributed by atoms with Crippen molar-refractivity contribution in [1.82, 2.24) is 0 Å². The number of aliphatic hydroxyl groups is 18. The quantitative estimate of drug-likeness (QED) is 0.0153. The molecule has 0 aliphatic heterocycles. The van der Waals surface area contributed by atoms with Crippen LogP contribution in [-0.4, -0.2) is 287 Å². The summed E-state index contributed by atoms with van der Waals surface area (Å²) in [4.78, 5) is 81.5. The van der Waals surface area contributed by atoms with Gasteiger partial charge in [0.1, 0.15) is 30.5 Å². The van der Waals surface area contributed by atoms with Crippen LogP contribution in [0.15, 0.2) is 0 Å². The minimum absolute atomic E-state index is 0.00852. The van der Waals surface area contributed by atoms with E-state index in [2.05, 4.69) is 0 Å². The van der Waals surface area contributed by atoms with Gasteiger partial charge < -0.3 is 125 Å². The van der Waals surface area contributed by atoms with Crippen molar-refractivity contribution in [2.24, 2.45) is 0 Å².